The van der Waals surface area contributed by atoms with Crippen molar-refractivity contribution in [3.63, 3.8) is 0 Å². The second-order valence-corrected chi connectivity index (χ2v) is 12.1. The van der Waals surface area contributed by atoms with E-state index < -0.39 is 10.1 Å². The van der Waals surface area contributed by atoms with Gasteiger partial charge in [0, 0.05) is 0 Å². The van der Waals surface area contributed by atoms with E-state index in [0.29, 0.717) is 12.0 Å². The molecule has 0 fully saturated rings. The van der Waals surface area contributed by atoms with Gasteiger partial charge in [0.15, 0.2) is 0 Å². The molecule has 0 radical (unpaired) electrons. The van der Waals surface area contributed by atoms with Crippen LogP contribution in [0.15, 0.2) is 29.2 Å². The van der Waals surface area contributed by atoms with Crippen LogP contribution in [0.2, 0.25) is 0 Å². The Kier molecular flexibility index (Phi) is 23.3. The molecule has 0 N–H and O–H groups in total. The minimum Gasteiger partial charge on any atom is -0.744 e. The molecule has 198 valence electrons. The van der Waals surface area contributed by atoms with Gasteiger partial charge in [-0.25, -0.2) is 8.42 Å². The molecule has 0 heterocycles. The maximum atomic E-state index is 11.3. The molecule has 0 saturated heterocycles. The van der Waals surface area contributed by atoms with Crippen molar-refractivity contribution < 1.29 is 42.5 Å². The van der Waals surface area contributed by atoms with Gasteiger partial charge < -0.3 is 4.55 Å². The molecular weight excluding hydrogens is 463 g/mol. The molecule has 5 heteroatoms. The van der Waals surface area contributed by atoms with E-state index in [1.165, 1.54) is 122 Å². The first-order valence-electron chi connectivity index (χ1n) is 14.4. The number of benzene rings is 1. The summed E-state index contributed by atoms with van der Waals surface area (Å²) in [6.07, 6.45) is 27.7. The van der Waals surface area contributed by atoms with E-state index in [9.17, 15) is 13.0 Å². The molecule has 1 aromatic carbocycles. The Bertz CT molecular complexity index is 703. The molecule has 0 aromatic heterocycles. The molecule has 1 aromatic rings. The molecule has 0 atom stereocenters. The third-order valence-electron chi connectivity index (χ3n) is 6.97. The van der Waals surface area contributed by atoms with E-state index in [-0.39, 0.29) is 34.5 Å². The van der Waals surface area contributed by atoms with E-state index in [0.717, 1.165) is 18.8 Å². The van der Waals surface area contributed by atoms with Gasteiger partial charge in [0.2, 0.25) is 0 Å². The van der Waals surface area contributed by atoms with Gasteiger partial charge in [0.25, 0.3) is 0 Å². The van der Waals surface area contributed by atoms with Crippen LogP contribution in [-0.4, -0.2) is 13.0 Å². The maximum Gasteiger partial charge on any atom is 1.00 e. The van der Waals surface area contributed by atoms with E-state index in [1.54, 1.807) is 12.1 Å². The van der Waals surface area contributed by atoms with Crippen LogP contribution in [0.4, 0.5) is 0 Å². The summed E-state index contributed by atoms with van der Waals surface area (Å²) in [4.78, 5) is -0.0436. The summed E-state index contributed by atoms with van der Waals surface area (Å²) in [5, 5.41) is 0. The van der Waals surface area contributed by atoms with Crippen LogP contribution in [0.5, 0.6) is 0 Å². The van der Waals surface area contributed by atoms with Crippen molar-refractivity contribution in [2.24, 2.45) is 5.92 Å². The predicted molar refractivity (Wildman–Crippen MR) is 145 cm³/mol. The third-order valence-corrected chi connectivity index (χ3v) is 7.91. The predicted octanol–water partition coefficient (Wildman–Crippen LogP) is 6.60. The molecule has 0 saturated carbocycles. The van der Waals surface area contributed by atoms with Gasteiger partial charge in [-0.3, -0.25) is 0 Å². The second-order valence-electron chi connectivity index (χ2n) is 10.7. The molecule has 0 aliphatic carbocycles. The quantitative estimate of drug-likeness (QED) is 0.0936. The zero-order chi connectivity index (χ0) is 24.9. The van der Waals surface area contributed by atoms with Crippen molar-refractivity contribution in [3.05, 3.63) is 29.8 Å². The summed E-state index contributed by atoms with van der Waals surface area (Å²) in [5.74, 6) is 0.870. The first kappa shape index (κ1) is 35.1. The molecule has 0 aliphatic heterocycles. The molecule has 0 amide bonds. The number of unbranched alkanes of at least 4 members (excludes halogenated alkanes) is 18. The topological polar surface area (TPSA) is 57.2 Å². The summed E-state index contributed by atoms with van der Waals surface area (Å²) in [5.41, 5.74) is 0.671. The van der Waals surface area contributed by atoms with Gasteiger partial charge in [-0.05, 0) is 30.4 Å². The van der Waals surface area contributed by atoms with Crippen LogP contribution in [-0.2, 0) is 16.5 Å². The Morgan fingerprint density at radius 1 is 0.600 bits per heavy atom. The van der Waals surface area contributed by atoms with E-state index in [4.69, 9.17) is 0 Å². The summed E-state index contributed by atoms with van der Waals surface area (Å²) in [6, 6.07) is 6.62. The molecule has 35 heavy (non-hydrogen) atoms. The average Bonchev–Trinajstić information content (AvgIpc) is 2.79. The molecule has 3 nitrogen and oxygen atoms in total. The Morgan fingerprint density at radius 3 is 1.31 bits per heavy atom. The summed E-state index contributed by atoms with van der Waals surface area (Å²) in [6.45, 7) is 4.65. The van der Waals surface area contributed by atoms with Crippen LogP contribution in [0, 0.1) is 5.92 Å². The van der Waals surface area contributed by atoms with Gasteiger partial charge in [-0.1, -0.05) is 154 Å². The number of hydrogen-bond acceptors (Lipinski definition) is 3. The van der Waals surface area contributed by atoms with Crippen LogP contribution >= 0.6 is 0 Å². The van der Waals surface area contributed by atoms with Crippen molar-refractivity contribution in [2.75, 3.05) is 0 Å². The fraction of sp³-hybridized carbons (Fsp3) is 0.800. The number of aryl methyl sites for hydroxylation is 1. The van der Waals surface area contributed by atoms with Crippen molar-refractivity contribution in [1.82, 2.24) is 0 Å². The van der Waals surface area contributed by atoms with Gasteiger partial charge in [-0.2, -0.15) is 0 Å². The van der Waals surface area contributed by atoms with Crippen LogP contribution in [0.25, 0.3) is 0 Å². The van der Waals surface area contributed by atoms with Gasteiger partial charge in [-0.15, -0.1) is 0 Å². The Labute approximate surface area is 240 Å². The summed E-state index contributed by atoms with van der Waals surface area (Å²) >= 11 is 0. The van der Waals surface area contributed by atoms with Crippen molar-refractivity contribution in [3.8, 4) is 0 Å². The minimum atomic E-state index is -4.36. The zero-order valence-corrected chi connectivity index (χ0v) is 26.2. The summed E-state index contributed by atoms with van der Waals surface area (Å²) < 4.78 is 34.0. The zero-order valence-electron chi connectivity index (χ0n) is 23.4. The number of rotatable bonds is 23. The average molecular weight is 517 g/mol. The minimum absolute atomic E-state index is 0. The molecular formula is C30H53NaO3S. The smallest absolute Gasteiger partial charge is 0.744 e. The Hall–Kier alpha value is 0.130. The first-order valence-corrected chi connectivity index (χ1v) is 15.9. The van der Waals surface area contributed by atoms with E-state index in [1.807, 2.05) is 6.07 Å². The van der Waals surface area contributed by atoms with Crippen molar-refractivity contribution >= 4 is 10.1 Å². The van der Waals surface area contributed by atoms with E-state index in [2.05, 4.69) is 13.8 Å². The maximum absolute atomic E-state index is 11.3. The number of hydrogen-bond donors (Lipinski definition) is 0. The molecule has 0 spiro atoms. The SMILES string of the molecule is CC(C)CCCCCCCCCCCCCCCCCCCCCc1ccccc1S(=O)(=O)[O-].[Na+]. The van der Waals surface area contributed by atoms with Gasteiger partial charge in [0.05, 0.1) is 4.90 Å². The first-order chi connectivity index (χ1) is 16.4. The largest absolute Gasteiger partial charge is 1.00 e. The van der Waals surface area contributed by atoms with Crippen molar-refractivity contribution in [2.45, 2.75) is 154 Å². The van der Waals surface area contributed by atoms with Crippen LogP contribution in [0.3, 0.4) is 0 Å². The molecule has 1 rings (SSSR count). The molecule has 0 aliphatic rings. The van der Waals surface area contributed by atoms with Crippen LogP contribution < -0.4 is 29.6 Å². The fourth-order valence-corrected chi connectivity index (χ4v) is 5.56. The van der Waals surface area contributed by atoms with Crippen LogP contribution in [0.1, 0.15) is 148 Å². The standard InChI is InChI=1S/C30H54O3S.Na/c1-28(2)24-20-18-16-14-12-10-8-6-4-3-5-7-9-11-13-15-17-19-21-25-29-26-22-23-27-30(29)34(31,32)33;/h22-23,26-28H,3-21,24-25H2,1-2H3,(H,31,32,33);/q;+1/p-1. The normalized spacial score (nSPS) is 11.7. The van der Waals surface area contributed by atoms with Gasteiger partial charge >= 0.3 is 29.6 Å². The molecule has 0 bridgehead atoms. The van der Waals surface area contributed by atoms with Crippen molar-refractivity contribution in [1.29, 1.82) is 0 Å². The Balaban J connectivity index is 0.0000116. The Morgan fingerprint density at radius 2 is 0.943 bits per heavy atom. The van der Waals surface area contributed by atoms with Gasteiger partial charge in [0.1, 0.15) is 10.1 Å². The molecule has 0 unspecified atom stereocenters. The van der Waals surface area contributed by atoms with E-state index >= 15 is 0 Å². The second kappa shape index (κ2) is 23.3. The fourth-order valence-electron chi connectivity index (χ4n) is 4.83. The summed E-state index contributed by atoms with van der Waals surface area (Å²) in [7, 11) is -4.36. The monoisotopic (exact) mass is 516 g/mol. The third kappa shape index (κ3) is 20.8.